The van der Waals surface area contributed by atoms with Gasteiger partial charge in [-0.05, 0) is 30.5 Å². The van der Waals surface area contributed by atoms with Crippen molar-refractivity contribution >= 4 is 5.78 Å². The van der Waals surface area contributed by atoms with E-state index in [2.05, 4.69) is 0 Å². The lowest BCUT2D eigenvalue weighted by Gasteiger charge is -2.04. The summed E-state index contributed by atoms with van der Waals surface area (Å²) in [4.78, 5) is 11.8. The van der Waals surface area contributed by atoms with E-state index >= 15 is 0 Å². The third-order valence-corrected chi connectivity index (χ3v) is 2.95. The van der Waals surface area contributed by atoms with Gasteiger partial charge in [-0.15, -0.1) is 0 Å². The number of methoxy groups -OCH3 is 1. The van der Waals surface area contributed by atoms with Crippen molar-refractivity contribution in [1.82, 2.24) is 0 Å². The number of Topliss-reactive ketones (excluding diaryl/α,β-unsaturated/α-hetero) is 1. The van der Waals surface area contributed by atoms with Gasteiger partial charge in [0.25, 0.3) is 0 Å². The van der Waals surface area contributed by atoms with Crippen molar-refractivity contribution in [2.75, 3.05) is 7.11 Å². The Morgan fingerprint density at radius 1 is 1.50 bits per heavy atom. The van der Waals surface area contributed by atoms with Crippen LogP contribution in [0.3, 0.4) is 0 Å². The Morgan fingerprint density at radius 3 is 2.88 bits per heavy atom. The predicted molar refractivity (Wildman–Crippen MR) is 59.2 cm³/mol. The van der Waals surface area contributed by atoms with E-state index in [0.717, 1.165) is 12.3 Å². The summed E-state index contributed by atoms with van der Waals surface area (Å²) in [5.74, 6) is 0.523. The molecule has 1 aliphatic rings. The van der Waals surface area contributed by atoms with Gasteiger partial charge < -0.3 is 4.74 Å². The van der Waals surface area contributed by atoms with Crippen molar-refractivity contribution < 1.29 is 13.9 Å². The number of carbonyl (C=O) groups excluding carboxylic acids is 1. The number of ketones is 1. The van der Waals surface area contributed by atoms with E-state index in [1.807, 2.05) is 0 Å². The number of benzene rings is 1. The molecule has 3 heteroatoms. The molecule has 0 unspecified atom stereocenters. The van der Waals surface area contributed by atoms with Crippen LogP contribution in [0.1, 0.15) is 36.0 Å². The minimum absolute atomic E-state index is 0.0743. The average Bonchev–Trinajstić information content (AvgIpc) is 3.10. The highest BCUT2D eigenvalue weighted by atomic mass is 19.1. The molecule has 1 aromatic rings. The lowest BCUT2D eigenvalue weighted by molar-refractivity contribution is 0.0977. The van der Waals surface area contributed by atoms with Crippen LogP contribution in [-0.2, 0) is 0 Å². The second-order valence-electron chi connectivity index (χ2n) is 4.25. The van der Waals surface area contributed by atoms with Crippen molar-refractivity contribution in [2.45, 2.75) is 25.7 Å². The highest BCUT2D eigenvalue weighted by molar-refractivity contribution is 5.96. The molecule has 86 valence electrons. The maximum absolute atomic E-state index is 13.1. The van der Waals surface area contributed by atoms with Gasteiger partial charge in [0.1, 0.15) is 0 Å². The highest BCUT2D eigenvalue weighted by Gasteiger charge is 2.22. The topological polar surface area (TPSA) is 26.3 Å². The molecular formula is C13H15FO2. The number of hydrogen-bond acceptors (Lipinski definition) is 2. The van der Waals surface area contributed by atoms with Crippen molar-refractivity contribution in [3.8, 4) is 5.75 Å². The van der Waals surface area contributed by atoms with E-state index in [0.29, 0.717) is 12.0 Å². The molecule has 1 saturated carbocycles. The summed E-state index contributed by atoms with van der Waals surface area (Å²) in [5, 5.41) is 0. The Labute approximate surface area is 94.4 Å². The van der Waals surface area contributed by atoms with Gasteiger partial charge in [-0.1, -0.05) is 12.8 Å². The number of ether oxygens (including phenoxy) is 1. The quantitative estimate of drug-likeness (QED) is 0.715. The van der Waals surface area contributed by atoms with Crippen LogP contribution in [-0.4, -0.2) is 12.9 Å². The van der Waals surface area contributed by atoms with Gasteiger partial charge in [-0.25, -0.2) is 4.39 Å². The first-order chi connectivity index (χ1) is 7.70. The van der Waals surface area contributed by atoms with Crippen LogP contribution >= 0.6 is 0 Å². The van der Waals surface area contributed by atoms with Crippen molar-refractivity contribution in [3.05, 3.63) is 29.6 Å². The monoisotopic (exact) mass is 222 g/mol. The molecule has 0 bridgehead atoms. The van der Waals surface area contributed by atoms with Crippen LogP contribution in [0.15, 0.2) is 18.2 Å². The molecule has 1 fully saturated rings. The molecule has 2 nitrogen and oxygen atoms in total. The summed E-state index contributed by atoms with van der Waals surface area (Å²) in [6, 6.07) is 4.28. The van der Waals surface area contributed by atoms with Gasteiger partial charge in [0, 0.05) is 12.0 Å². The van der Waals surface area contributed by atoms with Crippen molar-refractivity contribution in [2.24, 2.45) is 5.92 Å². The fourth-order valence-corrected chi connectivity index (χ4v) is 1.72. The molecule has 0 heterocycles. The van der Waals surface area contributed by atoms with Crippen LogP contribution in [0, 0.1) is 11.7 Å². The Kier molecular flexibility index (Phi) is 3.22. The van der Waals surface area contributed by atoms with Crippen molar-refractivity contribution in [1.29, 1.82) is 0 Å². The Morgan fingerprint density at radius 2 is 2.25 bits per heavy atom. The van der Waals surface area contributed by atoms with Crippen LogP contribution in [0.5, 0.6) is 5.75 Å². The molecule has 0 aromatic heterocycles. The number of rotatable bonds is 5. The van der Waals surface area contributed by atoms with Crippen molar-refractivity contribution in [3.63, 3.8) is 0 Å². The van der Waals surface area contributed by atoms with Crippen LogP contribution in [0.2, 0.25) is 0 Å². The summed E-state index contributed by atoms with van der Waals surface area (Å²) in [6.45, 7) is 0. The SMILES string of the molecule is COc1cc(C(=O)CCC2CC2)ccc1F. The zero-order chi connectivity index (χ0) is 11.5. The van der Waals surface area contributed by atoms with Gasteiger partial charge in [0.15, 0.2) is 17.3 Å². The summed E-state index contributed by atoms with van der Waals surface area (Å²) in [5.41, 5.74) is 0.541. The standard InChI is InChI=1S/C13H15FO2/c1-16-13-8-10(5-6-11(13)14)12(15)7-4-9-2-3-9/h5-6,8-9H,2-4,7H2,1H3. The van der Waals surface area contributed by atoms with Gasteiger partial charge >= 0.3 is 0 Å². The fourth-order valence-electron chi connectivity index (χ4n) is 1.72. The second kappa shape index (κ2) is 4.64. The van der Waals surface area contributed by atoms with Crippen LogP contribution in [0.4, 0.5) is 4.39 Å². The molecule has 0 atom stereocenters. The zero-order valence-electron chi connectivity index (χ0n) is 9.33. The minimum atomic E-state index is -0.429. The Balaban J connectivity index is 2.03. The number of halogens is 1. The van der Waals surface area contributed by atoms with Crippen LogP contribution < -0.4 is 4.74 Å². The van der Waals surface area contributed by atoms with Crippen LogP contribution in [0.25, 0.3) is 0 Å². The number of hydrogen-bond donors (Lipinski definition) is 0. The van der Waals surface area contributed by atoms with E-state index in [1.165, 1.54) is 38.2 Å². The largest absolute Gasteiger partial charge is 0.494 e. The minimum Gasteiger partial charge on any atom is -0.494 e. The fraction of sp³-hybridized carbons (Fsp3) is 0.462. The predicted octanol–water partition coefficient (Wildman–Crippen LogP) is 3.21. The van der Waals surface area contributed by atoms with Gasteiger partial charge in [-0.3, -0.25) is 4.79 Å². The van der Waals surface area contributed by atoms with Gasteiger partial charge in [0.05, 0.1) is 7.11 Å². The maximum atomic E-state index is 13.1. The smallest absolute Gasteiger partial charge is 0.165 e. The third kappa shape index (κ3) is 2.60. The molecule has 0 aliphatic heterocycles. The zero-order valence-corrected chi connectivity index (χ0v) is 9.33. The van der Waals surface area contributed by atoms with Gasteiger partial charge in [0.2, 0.25) is 0 Å². The first-order valence-corrected chi connectivity index (χ1v) is 5.57. The second-order valence-corrected chi connectivity index (χ2v) is 4.25. The number of carbonyl (C=O) groups is 1. The first kappa shape index (κ1) is 11.1. The molecule has 1 aliphatic carbocycles. The summed E-state index contributed by atoms with van der Waals surface area (Å²) in [6.07, 6.45) is 4.01. The lowest BCUT2D eigenvalue weighted by Crippen LogP contribution is -2.01. The molecule has 0 radical (unpaired) electrons. The molecule has 16 heavy (non-hydrogen) atoms. The Hall–Kier alpha value is -1.38. The molecule has 1 aromatic carbocycles. The van der Waals surface area contributed by atoms with E-state index < -0.39 is 5.82 Å². The van der Waals surface area contributed by atoms with E-state index in [1.54, 1.807) is 0 Å². The van der Waals surface area contributed by atoms with E-state index in [4.69, 9.17) is 4.74 Å². The first-order valence-electron chi connectivity index (χ1n) is 5.57. The molecule has 0 amide bonds. The van der Waals surface area contributed by atoms with E-state index in [-0.39, 0.29) is 11.5 Å². The third-order valence-electron chi connectivity index (χ3n) is 2.95. The summed E-state index contributed by atoms with van der Waals surface area (Å²) >= 11 is 0. The molecule has 2 rings (SSSR count). The molecule has 0 N–H and O–H groups in total. The summed E-state index contributed by atoms with van der Waals surface area (Å²) < 4.78 is 18.0. The molecule has 0 spiro atoms. The molecular weight excluding hydrogens is 207 g/mol. The average molecular weight is 222 g/mol. The van der Waals surface area contributed by atoms with E-state index in [9.17, 15) is 9.18 Å². The Bertz CT molecular complexity index is 397. The lowest BCUT2D eigenvalue weighted by atomic mass is 10.0. The molecule has 0 saturated heterocycles. The van der Waals surface area contributed by atoms with Gasteiger partial charge in [-0.2, -0.15) is 0 Å². The summed E-state index contributed by atoms with van der Waals surface area (Å²) in [7, 11) is 1.40. The highest BCUT2D eigenvalue weighted by Crippen LogP contribution is 2.34. The maximum Gasteiger partial charge on any atom is 0.165 e. The normalized spacial score (nSPS) is 14.9.